The minimum Gasteiger partial charge on any atom is -0.496 e. The number of ether oxygens (including phenoxy) is 1. The summed E-state index contributed by atoms with van der Waals surface area (Å²) in [6.07, 6.45) is 3.30. The van der Waals surface area contributed by atoms with Gasteiger partial charge >= 0.3 is 0 Å². The lowest BCUT2D eigenvalue weighted by atomic mass is 9.95. The van der Waals surface area contributed by atoms with Gasteiger partial charge in [-0.15, -0.1) is 0 Å². The van der Waals surface area contributed by atoms with E-state index in [0.29, 0.717) is 11.3 Å². The van der Waals surface area contributed by atoms with Crippen molar-refractivity contribution in [2.75, 3.05) is 13.7 Å². The molecule has 0 aliphatic carbocycles. The van der Waals surface area contributed by atoms with Crippen molar-refractivity contribution >= 4 is 0 Å². The molecule has 0 aromatic heterocycles. The van der Waals surface area contributed by atoms with Gasteiger partial charge in [-0.3, -0.25) is 0 Å². The number of nitrogens with one attached hydrogen (secondary N) is 1. The van der Waals surface area contributed by atoms with Gasteiger partial charge < -0.3 is 10.1 Å². The molecule has 1 aliphatic heterocycles. The van der Waals surface area contributed by atoms with Crippen molar-refractivity contribution in [1.82, 2.24) is 5.32 Å². The summed E-state index contributed by atoms with van der Waals surface area (Å²) in [5, 5.41) is 3.35. The number of hydrogen-bond donors (Lipinski definition) is 1. The van der Waals surface area contributed by atoms with Gasteiger partial charge in [0, 0.05) is 11.6 Å². The predicted octanol–water partition coefficient (Wildman–Crippen LogP) is 2.96. The number of aryl methyl sites for hydroxylation is 1. The number of benzene rings is 1. The zero-order chi connectivity index (χ0) is 11.5. The third kappa shape index (κ3) is 2.19. The van der Waals surface area contributed by atoms with Crippen LogP contribution < -0.4 is 10.1 Å². The topological polar surface area (TPSA) is 21.3 Å². The van der Waals surface area contributed by atoms with Gasteiger partial charge in [0.15, 0.2) is 0 Å². The fourth-order valence-electron chi connectivity index (χ4n) is 2.33. The SMILES string of the molecule is COc1cc(C)cc(F)c1C1CCCCN1. The lowest BCUT2D eigenvalue weighted by molar-refractivity contribution is 0.362. The van der Waals surface area contributed by atoms with Gasteiger partial charge in [-0.25, -0.2) is 4.39 Å². The van der Waals surface area contributed by atoms with Crippen LogP contribution in [-0.2, 0) is 0 Å². The Morgan fingerprint density at radius 3 is 2.81 bits per heavy atom. The number of piperidine rings is 1. The lowest BCUT2D eigenvalue weighted by Crippen LogP contribution is -2.28. The number of hydrogen-bond acceptors (Lipinski definition) is 2. The van der Waals surface area contributed by atoms with E-state index < -0.39 is 0 Å². The second-order valence-electron chi connectivity index (χ2n) is 4.37. The van der Waals surface area contributed by atoms with Crippen LogP contribution in [0.3, 0.4) is 0 Å². The van der Waals surface area contributed by atoms with Crippen LogP contribution in [0.15, 0.2) is 12.1 Å². The smallest absolute Gasteiger partial charge is 0.131 e. The van der Waals surface area contributed by atoms with E-state index >= 15 is 0 Å². The Labute approximate surface area is 95.8 Å². The molecular formula is C13H18FNO. The van der Waals surface area contributed by atoms with Gasteiger partial charge in [-0.05, 0) is 44.0 Å². The van der Waals surface area contributed by atoms with Crippen LogP contribution in [0.4, 0.5) is 4.39 Å². The van der Waals surface area contributed by atoms with Gasteiger partial charge in [0.05, 0.1) is 7.11 Å². The molecule has 1 aliphatic rings. The van der Waals surface area contributed by atoms with E-state index in [2.05, 4.69) is 5.32 Å². The average Bonchev–Trinajstić information content (AvgIpc) is 2.29. The summed E-state index contributed by atoms with van der Waals surface area (Å²) in [5.41, 5.74) is 1.58. The molecule has 2 nitrogen and oxygen atoms in total. The van der Waals surface area contributed by atoms with Crippen LogP contribution in [0.2, 0.25) is 0 Å². The Balaban J connectivity index is 2.37. The van der Waals surface area contributed by atoms with Crippen molar-refractivity contribution in [1.29, 1.82) is 0 Å². The van der Waals surface area contributed by atoms with E-state index in [1.54, 1.807) is 13.2 Å². The molecule has 0 spiro atoms. The summed E-state index contributed by atoms with van der Waals surface area (Å²) in [4.78, 5) is 0. The molecule has 88 valence electrons. The molecule has 3 heteroatoms. The second kappa shape index (κ2) is 4.83. The van der Waals surface area contributed by atoms with Gasteiger partial charge in [0.2, 0.25) is 0 Å². The molecular weight excluding hydrogens is 205 g/mol. The summed E-state index contributed by atoms with van der Waals surface area (Å²) in [6.45, 7) is 2.84. The highest BCUT2D eigenvalue weighted by atomic mass is 19.1. The molecule has 1 N–H and O–H groups in total. The third-order valence-corrected chi connectivity index (χ3v) is 3.11. The van der Waals surface area contributed by atoms with Crippen molar-refractivity contribution in [2.45, 2.75) is 32.2 Å². The first-order chi connectivity index (χ1) is 7.72. The molecule has 1 aromatic rings. The summed E-state index contributed by atoms with van der Waals surface area (Å²) < 4.78 is 19.2. The number of methoxy groups -OCH3 is 1. The van der Waals surface area contributed by atoms with Gasteiger partial charge in [-0.1, -0.05) is 6.42 Å². The van der Waals surface area contributed by atoms with Crippen LogP contribution >= 0.6 is 0 Å². The zero-order valence-corrected chi connectivity index (χ0v) is 9.85. The van der Waals surface area contributed by atoms with Gasteiger partial charge in [0.25, 0.3) is 0 Å². The van der Waals surface area contributed by atoms with Crippen molar-refractivity contribution in [3.8, 4) is 5.75 Å². The Bertz CT molecular complexity index is 372. The monoisotopic (exact) mass is 223 g/mol. The summed E-state index contributed by atoms with van der Waals surface area (Å²) in [5.74, 6) is 0.508. The molecule has 0 bridgehead atoms. The molecule has 0 amide bonds. The highest BCUT2D eigenvalue weighted by Gasteiger charge is 2.22. The molecule has 0 radical (unpaired) electrons. The van der Waals surface area contributed by atoms with Crippen LogP contribution in [0.5, 0.6) is 5.75 Å². The second-order valence-corrected chi connectivity index (χ2v) is 4.37. The molecule has 1 fully saturated rings. The molecule has 1 atom stereocenters. The molecule has 0 saturated carbocycles. The van der Waals surface area contributed by atoms with E-state index in [0.717, 1.165) is 24.9 Å². The molecule has 1 aromatic carbocycles. The van der Waals surface area contributed by atoms with E-state index in [1.165, 1.54) is 6.42 Å². The first-order valence-electron chi connectivity index (χ1n) is 5.80. The number of halogens is 1. The largest absolute Gasteiger partial charge is 0.496 e. The van der Waals surface area contributed by atoms with Gasteiger partial charge in [-0.2, -0.15) is 0 Å². The van der Waals surface area contributed by atoms with Crippen LogP contribution in [0.25, 0.3) is 0 Å². The fourth-order valence-corrected chi connectivity index (χ4v) is 2.33. The molecule has 2 rings (SSSR count). The Morgan fingerprint density at radius 1 is 1.38 bits per heavy atom. The highest BCUT2D eigenvalue weighted by Crippen LogP contribution is 2.33. The van der Waals surface area contributed by atoms with Crippen molar-refractivity contribution in [2.24, 2.45) is 0 Å². The predicted molar refractivity (Wildman–Crippen MR) is 62.3 cm³/mol. The summed E-state index contributed by atoms with van der Waals surface area (Å²) >= 11 is 0. The van der Waals surface area contributed by atoms with Crippen molar-refractivity contribution < 1.29 is 9.13 Å². The van der Waals surface area contributed by atoms with E-state index in [-0.39, 0.29) is 11.9 Å². The molecule has 1 saturated heterocycles. The minimum atomic E-state index is -0.156. The molecule has 16 heavy (non-hydrogen) atoms. The van der Waals surface area contributed by atoms with Crippen LogP contribution in [0.1, 0.15) is 36.4 Å². The fraction of sp³-hybridized carbons (Fsp3) is 0.538. The first kappa shape index (κ1) is 11.4. The summed E-state index contributed by atoms with van der Waals surface area (Å²) in [6, 6.07) is 3.58. The normalized spacial score (nSPS) is 20.8. The third-order valence-electron chi connectivity index (χ3n) is 3.11. The average molecular weight is 223 g/mol. The summed E-state index contributed by atoms with van der Waals surface area (Å²) in [7, 11) is 1.60. The molecule has 1 heterocycles. The standard InChI is InChI=1S/C13H18FNO/c1-9-7-10(14)13(12(8-9)16-2)11-5-3-4-6-15-11/h7-8,11,15H,3-6H2,1-2H3. The maximum Gasteiger partial charge on any atom is 0.131 e. The molecule has 1 unspecified atom stereocenters. The number of rotatable bonds is 2. The Kier molecular flexibility index (Phi) is 3.44. The lowest BCUT2D eigenvalue weighted by Gasteiger charge is -2.26. The Morgan fingerprint density at radius 2 is 2.19 bits per heavy atom. The first-order valence-corrected chi connectivity index (χ1v) is 5.80. The maximum atomic E-state index is 14.0. The Hall–Kier alpha value is -1.09. The van der Waals surface area contributed by atoms with E-state index in [4.69, 9.17) is 4.74 Å². The van der Waals surface area contributed by atoms with E-state index in [9.17, 15) is 4.39 Å². The van der Waals surface area contributed by atoms with Crippen LogP contribution in [-0.4, -0.2) is 13.7 Å². The minimum absolute atomic E-state index is 0.101. The van der Waals surface area contributed by atoms with Crippen molar-refractivity contribution in [3.05, 3.63) is 29.1 Å². The zero-order valence-electron chi connectivity index (χ0n) is 9.85. The van der Waals surface area contributed by atoms with Crippen LogP contribution in [0, 0.1) is 12.7 Å². The van der Waals surface area contributed by atoms with Crippen molar-refractivity contribution in [3.63, 3.8) is 0 Å². The van der Waals surface area contributed by atoms with E-state index in [1.807, 2.05) is 13.0 Å². The quantitative estimate of drug-likeness (QED) is 0.832. The highest BCUT2D eigenvalue weighted by molar-refractivity contribution is 5.40. The van der Waals surface area contributed by atoms with Gasteiger partial charge in [0.1, 0.15) is 11.6 Å². The maximum absolute atomic E-state index is 14.0.